The smallest absolute Gasteiger partial charge is 0.309 e. The van der Waals surface area contributed by atoms with Crippen LogP contribution in [0.25, 0.3) is 0 Å². The molecule has 5 nitrogen and oxygen atoms in total. The Morgan fingerprint density at radius 1 is 1.20 bits per heavy atom. The van der Waals surface area contributed by atoms with E-state index in [9.17, 15) is 4.79 Å². The van der Waals surface area contributed by atoms with E-state index in [1.54, 1.807) is 0 Å². The summed E-state index contributed by atoms with van der Waals surface area (Å²) < 4.78 is 5.45. The third-order valence-electron chi connectivity index (χ3n) is 5.58. The summed E-state index contributed by atoms with van der Waals surface area (Å²) in [4.78, 5) is 15.8. The maximum absolute atomic E-state index is 10.9. The van der Waals surface area contributed by atoms with E-state index in [1.807, 2.05) is 0 Å². The van der Waals surface area contributed by atoms with Crippen LogP contribution in [-0.2, 0) is 9.53 Å². The van der Waals surface area contributed by atoms with Crippen molar-refractivity contribution < 1.29 is 14.6 Å². The van der Waals surface area contributed by atoms with Crippen molar-refractivity contribution in [2.45, 2.75) is 44.2 Å². The van der Waals surface area contributed by atoms with Gasteiger partial charge in [0.1, 0.15) is 0 Å². The molecule has 5 heteroatoms. The number of carboxylic acid groups (broad SMARTS) is 1. The highest BCUT2D eigenvalue weighted by Gasteiger charge is 2.42. The minimum Gasteiger partial charge on any atom is -0.481 e. The van der Waals surface area contributed by atoms with Crippen molar-refractivity contribution in [3.05, 3.63) is 0 Å². The Kier molecular flexibility index (Phi) is 4.02. The monoisotopic (exact) mass is 282 g/mol. The fourth-order valence-electron chi connectivity index (χ4n) is 3.98. The van der Waals surface area contributed by atoms with Crippen molar-refractivity contribution in [3.8, 4) is 0 Å². The standard InChI is InChI=1S/C15H26N2O3/c1-15(17-6-8-20-9-7-17)4-2-13(3-5-15)16-10-12(11-16)14(18)19/h12-13H,2-11H2,1H3,(H,18,19). The maximum atomic E-state index is 10.9. The summed E-state index contributed by atoms with van der Waals surface area (Å²) in [6, 6.07) is 0.611. The van der Waals surface area contributed by atoms with Gasteiger partial charge in [0.2, 0.25) is 0 Å². The topological polar surface area (TPSA) is 53.0 Å². The van der Waals surface area contributed by atoms with Gasteiger partial charge in [0.05, 0.1) is 19.1 Å². The Balaban J connectivity index is 1.48. The number of aliphatic carboxylic acids is 1. The quantitative estimate of drug-likeness (QED) is 0.838. The van der Waals surface area contributed by atoms with E-state index < -0.39 is 5.97 Å². The second kappa shape index (κ2) is 5.62. The Bertz CT molecular complexity index is 354. The molecule has 3 rings (SSSR count). The van der Waals surface area contributed by atoms with Crippen molar-refractivity contribution in [3.63, 3.8) is 0 Å². The van der Waals surface area contributed by atoms with Crippen molar-refractivity contribution in [1.29, 1.82) is 0 Å². The highest BCUT2D eigenvalue weighted by Crippen LogP contribution is 2.37. The van der Waals surface area contributed by atoms with E-state index in [0.717, 1.165) is 39.4 Å². The van der Waals surface area contributed by atoms with Gasteiger partial charge >= 0.3 is 5.97 Å². The first kappa shape index (κ1) is 14.3. The third kappa shape index (κ3) is 2.71. The second-order valence-electron chi connectivity index (χ2n) is 6.82. The number of carbonyl (C=O) groups is 1. The number of nitrogens with zero attached hydrogens (tertiary/aromatic N) is 2. The number of ether oxygens (including phenoxy) is 1. The predicted molar refractivity (Wildman–Crippen MR) is 75.8 cm³/mol. The van der Waals surface area contributed by atoms with Crippen LogP contribution in [-0.4, -0.2) is 71.8 Å². The molecule has 0 unspecified atom stereocenters. The molecule has 20 heavy (non-hydrogen) atoms. The summed E-state index contributed by atoms with van der Waals surface area (Å²) in [6.45, 7) is 7.77. The minimum atomic E-state index is -0.629. The first-order chi connectivity index (χ1) is 9.58. The average Bonchev–Trinajstić information content (AvgIpc) is 2.40. The van der Waals surface area contributed by atoms with Gasteiger partial charge in [-0.3, -0.25) is 14.6 Å². The summed E-state index contributed by atoms with van der Waals surface area (Å²) >= 11 is 0. The zero-order valence-corrected chi connectivity index (χ0v) is 12.4. The third-order valence-corrected chi connectivity index (χ3v) is 5.58. The van der Waals surface area contributed by atoms with Crippen molar-refractivity contribution >= 4 is 5.97 Å². The van der Waals surface area contributed by atoms with E-state index in [2.05, 4.69) is 16.7 Å². The Labute approximate surface area is 120 Å². The van der Waals surface area contributed by atoms with E-state index in [4.69, 9.17) is 9.84 Å². The van der Waals surface area contributed by atoms with Crippen molar-refractivity contribution in [2.75, 3.05) is 39.4 Å². The van der Waals surface area contributed by atoms with Crippen molar-refractivity contribution in [1.82, 2.24) is 9.80 Å². The van der Waals surface area contributed by atoms with Crippen LogP contribution in [0.1, 0.15) is 32.6 Å². The molecule has 0 bridgehead atoms. The van der Waals surface area contributed by atoms with Crippen LogP contribution >= 0.6 is 0 Å². The number of hydrogen-bond acceptors (Lipinski definition) is 4. The van der Waals surface area contributed by atoms with Crippen LogP contribution in [0.5, 0.6) is 0 Å². The molecular weight excluding hydrogens is 256 g/mol. The molecule has 0 aromatic carbocycles. The minimum absolute atomic E-state index is 0.123. The molecule has 3 fully saturated rings. The lowest BCUT2D eigenvalue weighted by Crippen LogP contribution is -2.59. The number of rotatable bonds is 3. The number of likely N-dealkylation sites (tertiary alicyclic amines) is 1. The van der Waals surface area contributed by atoms with Gasteiger partial charge in [-0.25, -0.2) is 0 Å². The molecule has 1 N–H and O–H groups in total. The second-order valence-corrected chi connectivity index (χ2v) is 6.82. The van der Waals surface area contributed by atoms with Crippen molar-refractivity contribution in [2.24, 2.45) is 5.92 Å². The van der Waals surface area contributed by atoms with E-state index in [0.29, 0.717) is 11.6 Å². The lowest BCUT2D eigenvalue weighted by atomic mass is 9.77. The molecule has 0 aromatic rings. The average molecular weight is 282 g/mol. The Morgan fingerprint density at radius 2 is 1.80 bits per heavy atom. The summed E-state index contributed by atoms with van der Waals surface area (Å²) in [5, 5.41) is 8.96. The van der Waals surface area contributed by atoms with Gasteiger partial charge in [-0.05, 0) is 32.6 Å². The molecule has 0 radical (unpaired) electrons. The summed E-state index contributed by atoms with van der Waals surface area (Å²) in [5.74, 6) is -0.752. The maximum Gasteiger partial charge on any atom is 0.309 e. The summed E-state index contributed by atoms with van der Waals surface area (Å²) in [5.41, 5.74) is 0.331. The molecule has 114 valence electrons. The van der Waals surface area contributed by atoms with Crippen LogP contribution in [0.2, 0.25) is 0 Å². The van der Waals surface area contributed by atoms with Gasteiger partial charge in [-0.15, -0.1) is 0 Å². The first-order valence-electron chi connectivity index (χ1n) is 7.88. The summed E-state index contributed by atoms with van der Waals surface area (Å²) in [6.07, 6.45) is 4.87. The fraction of sp³-hybridized carbons (Fsp3) is 0.933. The molecule has 1 aliphatic carbocycles. The lowest BCUT2D eigenvalue weighted by molar-refractivity contribution is -0.149. The van der Waals surface area contributed by atoms with Gasteiger partial charge in [0.15, 0.2) is 0 Å². The Morgan fingerprint density at radius 3 is 2.35 bits per heavy atom. The van der Waals surface area contributed by atoms with Crippen LogP contribution in [0.4, 0.5) is 0 Å². The molecule has 2 heterocycles. The number of morpholine rings is 1. The molecule has 1 saturated carbocycles. The molecule has 0 spiro atoms. The van der Waals surface area contributed by atoms with E-state index >= 15 is 0 Å². The zero-order valence-electron chi connectivity index (χ0n) is 12.4. The molecule has 0 amide bonds. The molecule has 0 aromatic heterocycles. The van der Waals surface area contributed by atoms with E-state index in [1.165, 1.54) is 25.7 Å². The van der Waals surface area contributed by atoms with E-state index in [-0.39, 0.29) is 5.92 Å². The highest BCUT2D eigenvalue weighted by atomic mass is 16.5. The molecule has 3 aliphatic rings. The lowest BCUT2D eigenvalue weighted by Gasteiger charge is -2.51. The van der Waals surface area contributed by atoms with Gasteiger partial charge in [-0.2, -0.15) is 0 Å². The number of carboxylic acids is 1. The van der Waals surface area contributed by atoms with Crippen LogP contribution in [0.3, 0.4) is 0 Å². The Hall–Kier alpha value is -0.650. The normalized spacial score (nSPS) is 37.5. The zero-order chi connectivity index (χ0) is 14.2. The first-order valence-corrected chi connectivity index (χ1v) is 7.88. The summed E-state index contributed by atoms with van der Waals surface area (Å²) in [7, 11) is 0. The van der Waals surface area contributed by atoms with Crippen LogP contribution in [0.15, 0.2) is 0 Å². The largest absolute Gasteiger partial charge is 0.481 e. The fourth-order valence-corrected chi connectivity index (χ4v) is 3.98. The van der Waals surface area contributed by atoms with Gasteiger partial charge in [0, 0.05) is 37.8 Å². The van der Waals surface area contributed by atoms with Gasteiger partial charge < -0.3 is 9.84 Å². The molecular formula is C15H26N2O3. The van der Waals surface area contributed by atoms with Crippen LogP contribution in [0, 0.1) is 5.92 Å². The van der Waals surface area contributed by atoms with Gasteiger partial charge in [-0.1, -0.05) is 0 Å². The molecule has 0 atom stereocenters. The number of hydrogen-bond donors (Lipinski definition) is 1. The van der Waals surface area contributed by atoms with Gasteiger partial charge in [0.25, 0.3) is 0 Å². The highest BCUT2D eigenvalue weighted by molar-refractivity contribution is 5.71. The van der Waals surface area contributed by atoms with Crippen LogP contribution < -0.4 is 0 Å². The SMILES string of the molecule is CC1(N2CCOCC2)CCC(N2CC(C(=O)O)C2)CC1. The molecule has 2 saturated heterocycles. The molecule has 2 aliphatic heterocycles. The predicted octanol–water partition coefficient (Wildman–Crippen LogP) is 1.04.